The van der Waals surface area contributed by atoms with Crippen LogP contribution in [0.25, 0.3) is 0 Å². The highest BCUT2D eigenvalue weighted by molar-refractivity contribution is 7.99. The zero-order valence-electron chi connectivity index (χ0n) is 16.1. The van der Waals surface area contributed by atoms with E-state index in [1.165, 1.54) is 42.8 Å². The fourth-order valence-corrected chi connectivity index (χ4v) is 7.30. The van der Waals surface area contributed by atoms with Gasteiger partial charge in [-0.05, 0) is 66.0 Å². The minimum atomic E-state index is 0.519. The number of methoxy groups -OCH3 is 1. The van der Waals surface area contributed by atoms with Gasteiger partial charge in [-0.3, -0.25) is 0 Å². The van der Waals surface area contributed by atoms with Crippen molar-refractivity contribution in [3.63, 3.8) is 0 Å². The fourth-order valence-electron chi connectivity index (χ4n) is 5.84. The highest BCUT2D eigenvalue weighted by Gasteiger charge is 2.53. The van der Waals surface area contributed by atoms with Crippen LogP contribution in [0.1, 0.15) is 59.8 Å². The Balaban J connectivity index is 1.77. The van der Waals surface area contributed by atoms with Gasteiger partial charge in [0.15, 0.2) is 0 Å². The molecule has 0 N–H and O–H groups in total. The number of hydrogen-bond acceptors (Lipinski definition) is 2. The summed E-state index contributed by atoms with van der Waals surface area (Å²) in [5.41, 5.74) is 1.04. The molecule has 2 fully saturated rings. The molecule has 0 saturated heterocycles. The highest BCUT2D eigenvalue weighted by atomic mass is 32.2. The standard InChI is InChI=1S/C22H34OS/c1-16-10-11-20-21(2,3)12-7-13-22(20,4)19(16)15-24-18-9-6-8-17(14-18)23-5/h6,8-9,14,16,19-20H,7,10-13,15H2,1-5H3. The molecule has 4 unspecified atom stereocenters. The Morgan fingerprint density at radius 2 is 1.96 bits per heavy atom. The second-order valence-corrected chi connectivity index (χ2v) is 10.1. The molecule has 134 valence electrons. The molecule has 0 aromatic heterocycles. The monoisotopic (exact) mass is 346 g/mol. The van der Waals surface area contributed by atoms with Crippen LogP contribution in [0.3, 0.4) is 0 Å². The van der Waals surface area contributed by atoms with Gasteiger partial charge < -0.3 is 4.74 Å². The SMILES string of the molecule is COc1cccc(SCC2C(C)CCC3C(C)(C)CCCC23C)c1. The van der Waals surface area contributed by atoms with E-state index >= 15 is 0 Å². The lowest BCUT2D eigenvalue weighted by molar-refractivity contribution is -0.0850. The van der Waals surface area contributed by atoms with Gasteiger partial charge in [0, 0.05) is 10.6 Å². The maximum absolute atomic E-state index is 5.39. The van der Waals surface area contributed by atoms with Crippen LogP contribution in [-0.4, -0.2) is 12.9 Å². The average molecular weight is 347 g/mol. The second-order valence-electron chi connectivity index (χ2n) is 9.05. The third-order valence-electron chi connectivity index (χ3n) is 7.19. The van der Waals surface area contributed by atoms with E-state index in [2.05, 4.69) is 45.9 Å². The molecule has 2 saturated carbocycles. The summed E-state index contributed by atoms with van der Waals surface area (Å²) in [4.78, 5) is 1.35. The van der Waals surface area contributed by atoms with Crippen LogP contribution in [0.15, 0.2) is 29.2 Å². The van der Waals surface area contributed by atoms with E-state index < -0.39 is 0 Å². The lowest BCUT2D eigenvalue weighted by Crippen LogP contribution is -2.51. The molecule has 1 aromatic rings. The van der Waals surface area contributed by atoms with Gasteiger partial charge in [0.05, 0.1) is 7.11 Å². The molecule has 3 rings (SSSR count). The van der Waals surface area contributed by atoms with Gasteiger partial charge >= 0.3 is 0 Å². The minimum absolute atomic E-state index is 0.519. The van der Waals surface area contributed by atoms with E-state index in [1.54, 1.807) is 7.11 Å². The topological polar surface area (TPSA) is 9.23 Å². The zero-order valence-corrected chi connectivity index (χ0v) is 16.9. The molecule has 1 aromatic carbocycles. The Labute approximate surface area is 152 Å². The van der Waals surface area contributed by atoms with Gasteiger partial charge in [-0.25, -0.2) is 0 Å². The van der Waals surface area contributed by atoms with E-state index in [9.17, 15) is 0 Å². The maximum Gasteiger partial charge on any atom is 0.119 e. The molecule has 0 heterocycles. The number of ether oxygens (including phenoxy) is 1. The summed E-state index contributed by atoms with van der Waals surface area (Å²) in [5, 5.41) is 0. The molecule has 0 amide bonds. The molecule has 0 bridgehead atoms. The first kappa shape index (κ1) is 18.2. The lowest BCUT2D eigenvalue weighted by Gasteiger charge is -2.59. The summed E-state index contributed by atoms with van der Waals surface area (Å²) in [7, 11) is 1.75. The number of rotatable bonds is 4. The molecule has 1 nitrogen and oxygen atoms in total. The summed E-state index contributed by atoms with van der Waals surface area (Å²) in [6.45, 7) is 10.2. The molecule has 2 heteroatoms. The van der Waals surface area contributed by atoms with Gasteiger partial charge in [0.25, 0.3) is 0 Å². The fraction of sp³-hybridized carbons (Fsp3) is 0.727. The quantitative estimate of drug-likeness (QED) is 0.563. The Hall–Kier alpha value is -0.630. The van der Waals surface area contributed by atoms with Crippen molar-refractivity contribution >= 4 is 11.8 Å². The summed E-state index contributed by atoms with van der Waals surface area (Å²) >= 11 is 2.03. The molecular weight excluding hydrogens is 312 g/mol. The number of benzene rings is 1. The number of hydrogen-bond donors (Lipinski definition) is 0. The predicted molar refractivity (Wildman–Crippen MR) is 105 cm³/mol. The van der Waals surface area contributed by atoms with E-state index in [4.69, 9.17) is 4.74 Å². The van der Waals surface area contributed by atoms with Crippen LogP contribution < -0.4 is 4.74 Å². The van der Waals surface area contributed by atoms with Gasteiger partial charge in [-0.1, -0.05) is 46.6 Å². The van der Waals surface area contributed by atoms with Crippen LogP contribution in [0.4, 0.5) is 0 Å². The van der Waals surface area contributed by atoms with E-state index in [0.717, 1.165) is 23.5 Å². The largest absolute Gasteiger partial charge is 0.497 e. The average Bonchev–Trinajstić information content (AvgIpc) is 2.53. The van der Waals surface area contributed by atoms with Crippen molar-refractivity contribution in [3.05, 3.63) is 24.3 Å². The van der Waals surface area contributed by atoms with Gasteiger partial charge in [0.2, 0.25) is 0 Å². The minimum Gasteiger partial charge on any atom is -0.497 e. The normalized spacial score (nSPS) is 35.3. The van der Waals surface area contributed by atoms with Crippen molar-refractivity contribution < 1.29 is 4.74 Å². The van der Waals surface area contributed by atoms with E-state index in [0.29, 0.717) is 10.8 Å². The maximum atomic E-state index is 5.39. The van der Waals surface area contributed by atoms with Crippen LogP contribution in [0, 0.1) is 28.6 Å². The molecule has 0 spiro atoms. The molecule has 2 aliphatic carbocycles. The molecule has 24 heavy (non-hydrogen) atoms. The van der Waals surface area contributed by atoms with Crippen LogP contribution in [0.2, 0.25) is 0 Å². The van der Waals surface area contributed by atoms with Crippen molar-refractivity contribution in [2.24, 2.45) is 28.6 Å². The first-order valence-electron chi connectivity index (χ1n) is 9.64. The predicted octanol–water partition coefficient (Wildman–Crippen LogP) is 6.67. The van der Waals surface area contributed by atoms with Crippen molar-refractivity contribution in [1.29, 1.82) is 0 Å². The Morgan fingerprint density at radius 3 is 2.71 bits per heavy atom. The van der Waals surface area contributed by atoms with Crippen molar-refractivity contribution in [2.75, 3.05) is 12.9 Å². The third-order valence-corrected chi connectivity index (χ3v) is 8.30. The summed E-state index contributed by atoms with van der Waals surface area (Å²) in [6.07, 6.45) is 7.09. The van der Waals surface area contributed by atoms with Gasteiger partial charge in [-0.2, -0.15) is 0 Å². The van der Waals surface area contributed by atoms with E-state index in [-0.39, 0.29) is 0 Å². The molecule has 2 aliphatic rings. The summed E-state index contributed by atoms with van der Waals surface area (Å²) in [5.74, 6) is 4.79. The number of fused-ring (bicyclic) bond motifs is 1. The van der Waals surface area contributed by atoms with E-state index in [1.807, 2.05) is 17.8 Å². The first-order valence-corrected chi connectivity index (χ1v) is 10.6. The first-order chi connectivity index (χ1) is 11.4. The van der Waals surface area contributed by atoms with Gasteiger partial charge in [0.1, 0.15) is 5.75 Å². The van der Waals surface area contributed by atoms with Crippen molar-refractivity contribution in [1.82, 2.24) is 0 Å². The molecular formula is C22H34OS. The smallest absolute Gasteiger partial charge is 0.119 e. The molecule has 4 atom stereocenters. The Kier molecular flexibility index (Phi) is 5.25. The second kappa shape index (κ2) is 6.94. The Bertz CT molecular complexity index is 567. The van der Waals surface area contributed by atoms with Crippen LogP contribution >= 0.6 is 11.8 Å². The zero-order chi connectivity index (χ0) is 17.4. The van der Waals surface area contributed by atoms with Gasteiger partial charge in [-0.15, -0.1) is 11.8 Å². The van der Waals surface area contributed by atoms with Crippen LogP contribution in [-0.2, 0) is 0 Å². The highest BCUT2D eigenvalue weighted by Crippen LogP contribution is 2.61. The van der Waals surface area contributed by atoms with Crippen molar-refractivity contribution in [3.8, 4) is 5.75 Å². The van der Waals surface area contributed by atoms with Crippen LogP contribution in [0.5, 0.6) is 5.75 Å². The summed E-state index contributed by atoms with van der Waals surface area (Å²) < 4.78 is 5.39. The summed E-state index contributed by atoms with van der Waals surface area (Å²) in [6, 6.07) is 8.56. The molecule has 0 radical (unpaired) electrons. The molecule has 0 aliphatic heterocycles. The lowest BCUT2D eigenvalue weighted by atomic mass is 9.47. The third kappa shape index (κ3) is 3.36. The number of thioether (sulfide) groups is 1. The van der Waals surface area contributed by atoms with Crippen molar-refractivity contribution in [2.45, 2.75) is 64.7 Å². The Morgan fingerprint density at radius 1 is 1.17 bits per heavy atom.